The molecule has 17 heteroatoms. The normalized spacial score (nSPS) is 38.7. The van der Waals surface area contributed by atoms with Gasteiger partial charge >= 0.3 is 23.9 Å². The fraction of sp³-hybridized carbons (Fsp3) is 0.840. The van der Waals surface area contributed by atoms with Gasteiger partial charge in [-0.05, 0) is 18.1 Å². The summed E-state index contributed by atoms with van der Waals surface area (Å²) in [5.41, 5.74) is -3.69. The first kappa shape index (κ1) is 33.7. The molecular weight excluding hydrogens is 641 g/mol. The molecule has 1 saturated carbocycles. The molecule has 9 atom stereocenters. The number of amides is 1. The van der Waals surface area contributed by atoms with Crippen molar-refractivity contribution in [3.05, 3.63) is 0 Å². The number of carbonyl (C=O) groups excluding carboxylic acids is 4. The van der Waals surface area contributed by atoms with Crippen molar-refractivity contribution in [2.75, 3.05) is 13.7 Å². The number of halogens is 3. The van der Waals surface area contributed by atoms with Gasteiger partial charge in [0.05, 0.1) is 5.92 Å². The molecule has 5 rings (SSSR count). The van der Waals surface area contributed by atoms with Crippen LogP contribution in [0.2, 0.25) is 18.1 Å². The summed E-state index contributed by atoms with van der Waals surface area (Å²) in [5, 5.41) is 2.38. The molecule has 1 aliphatic carbocycles. The third-order valence-electron chi connectivity index (χ3n) is 8.64. The van der Waals surface area contributed by atoms with Crippen molar-refractivity contribution >= 4 is 66.9 Å². The predicted octanol–water partition coefficient (Wildman–Crippen LogP) is 2.48. The molecule has 5 aliphatic rings. The first-order chi connectivity index (χ1) is 19.1. The SMILES string of the molecule is CO[C@H]1O[C@@H]2[C@]3(O[Si](C)(C)C(C)(C)C)O[C@@H]4[C@H]1[C@]2(NC(=O)C(Cl)(Cl)Cl)[C@@H](OC(C)=O)[C@H](O3)[C@@]4(COC(C)=O)OC(C)=O. The zero-order chi connectivity index (χ0) is 31.8. The standard InChI is InChI=1S/C25H36Cl3NO12Si/c1-11(30)35-10-22(38-13(3)32)15-14-18(34-7)37-19-23(14,29-20(33)24(26,27)28)17(36-12(2)31)16(22)40-25(19,39-15)41-42(8,9)21(4,5)6/h14-19H,10H2,1-9H3,(H,29,33)/t14-,15-,16+,17+,18+,19+,22+,23+,25+/m1/s1. The fourth-order valence-electron chi connectivity index (χ4n) is 6.08. The summed E-state index contributed by atoms with van der Waals surface area (Å²) in [6, 6.07) is 0. The summed E-state index contributed by atoms with van der Waals surface area (Å²) < 4.78 is 46.6. The first-order valence-corrected chi connectivity index (χ1v) is 17.3. The topological polar surface area (TPSA) is 154 Å². The number of hydrogen-bond acceptors (Lipinski definition) is 12. The monoisotopic (exact) mass is 675 g/mol. The molecular formula is C25H36Cl3NO12Si. The summed E-state index contributed by atoms with van der Waals surface area (Å²) in [6.07, 6.45) is -6.71. The molecule has 0 aromatic rings. The van der Waals surface area contributed by atoms with Gasteiger partial charge in [0.25, 0.3) is 9.70 Å². The molecule has 0 spiro atoms. The van der Waals surface area contributed by atoms with Crippen molar-refractivity contribution < 1.29 is 56.8 Å². The van der Waals surface area contributed by atoms with Crippen LogP contribution in [0.5, 0.6) is 0 Å². The van der Waals surface area contributed by atoms with Gasteiger partial charge in [-0.1, -0.05) is 55.6 Å². The number of carbonyl (C=O) groups is 4. The van der Waals surface area contributed by atoms with Crippen molar-refractivity contribution in [3.8, 4) is 0 Å². The van der Waals surface area contributed by atoms with E-state index in [9.17, 15) is 19.2 Å². The maximum atomic E-state index is 13.4. The molecule has 1 N–H and O–H groups in total. The molecule has 0 radical (unpaired) electrons. The highest BCUT2D eigenvalue weighted by Gasteiger charge is 2.90. The Morgan fingerprint density at radius 1 is 0.952 bits per heavy atom. The van der Waals surface area contributed by atoms with Crippen molar-refractivity contribution in [1.29, 1.82) is 0 Å². The Hall–Kier alpha value is -1.23. The maximum Gasteiger partial charge on any atom is 0.305 e. The Bertz CT molecular complexity index is 1160. The summed E-state index contributed by atoms with van der Waals surface area (Å²) >= 11 is 18.0. The molecule has 0 unspecified atom stereocenters. The van der Waals surface area contributed by atoms with Gasteiger partial charge in [0, 0.05) is 27.9 Å². The highest BCUT2D eigenvalue weighted by Crippen LogP contribution is 2.66. The molecule has 6 bridgehead atoms. The highest BCUT2D eigenvalue weighted by atomic mass is 35.6. The Morgan fingerprint density at radius 3 is 2.02 bits per heavy atom. The van der Waals surface area contributed by atoms with Crippen LogP contribution in [0.1, 0.15) is 41.5 Å². The van der Waals surface area contributed by atoms with E-state index in [1.165, 1.54) is 14.0 Å². The van der Waals surface area contributed by atoms with Crippen LogP contribution in [0, 0.1) is 5.92 Å². The van der Waals surface area contributed by atoms with E-state index < -0.39 is 96.3 Å². The average Bonchev–Trinajstić information content (AvgIpc) is 3.09. The zero-order valence-corrected chi connectivity index (χ0v) is 28.0. The molecule has 5 fully saturated rings. The van der Waals surface area contributed by atoms with Crippen LogP contribution in [0.3, 0.4) is 0 Å². The Labute approximate surface area is 259 Å². The minimum atomic E-state index is -2.80. The Morgan fingerprint density at radius 2 is 1.55 bits per heavy atom. The largest absolute Gasteiger partial charge is 0.461 e. The average molecular weight is 677 g/mol. The van der Waals surface area contributed by atoms with Crippen LogP contribution in [0.25, 0.3) is 0 Å². The molecule has 1 amide bonds. The molecule has 4 heterocycles. The molecule has 238 valence electrons. The van der Waals surface area contributed by atoms with Crippen LogP contribution >= 0.6 is 34.8 Å². The van der Waals surface area contributed by atoms with Crippen LogP contribution in [0.15, 0.2) is 0 Å². The highest BCUT2D eigenvalue weighted by molar-refractivity contribution is 6.76. The second-order valence-electron chi connectivity index (χ2n) is 12.4. The summed E-state index contributed by atoms with van der Waals surface area (Å²) in [7, 11) is -1.46. The van der Waals surface area contributed by atoms with E-state index in [2.05, 4.69) is 5.32 Å². The van der Waals surface area contributed by atoms with Gasteiger partial charge in [0.15, 0.2) is 26.8 Å². The third kappa shape index (κ3) is 5.14. The zero-order valence-electron chi connectivity index (χ0n) is 24.7. The summed E-state index contributed by atoms with van der Waals surface area (Å²) in [4.78, 5) is 50.6. The van der Waals surface area contributed by atoms with Crippen molar-refractivity contribution in [3.63, 3.8) is 0 Å². The van der Waals surface area contributed by atoms with E-state index in [1.807, 2.05) is 33.9 Å². The van der Waals surface area contributed by atoms with Gasteiger partial charge < -0.3 is 42.9 Å². The van der Waals surface area contributed by atoms with E-state index in [1.54, 1.807) is 0 Å². The second kappa shape index (κ2) is 10.7. The predicted molar refractivity (Wildman–Crippen MR) is 148 cm³/mol. The number of esters is 3. The van der Waals surface area contributed by atoms with Gasteiger partial charge in [-0.3, -0.25) is 19.2 Å². The smallest absolute Gasteiger partial charge is 0.305 e. The van der Waals surface area contributed by atoms with Crippen LogP contribution in [-0.2, 0) is 56.8 Å². The minimum Gasteiger partial charge on any atom is -0.461 e. The lowest BCUT2D eigenvalue weighted by Crippen LogP contribution is -2.93. The third-order valence-corrected chi connectivity index (χ3v) is 13.6. The fourth-order valence-corrected chi connectivity index (χ4v) is 7.44. The van der Waals surface area contributed by atoms with Gasteiger partial charge in [0.2, 0.25) is 5.60 Å². The molecule has 42 heavy (non-hydrogen) atoms. The van der Waals surface area contributed by atoms with Gasteiger partial charge in [-0.2, -0.15) is 0 Å². The minimum absolute atomic E-state index is 0.379. The number of nitrogens with one attached hydrogen (secondary N) is 1. The van der Waals surface area contributed by atoms with E-state index in [-0.39, 0.29) is 5.04 Å². The lowest BCUT2D eigenvalue weighted by molar-refractivity contribution is -0.522. The van der Waals surface area contributed by atoms with Gasteiger partial charge in [-0.25, -0.2) is 0 Å². The Kier molecular flexibility index (Phi) is 8.57. The van der Waals surface area contributed by atoms with Crippen LogP contribution in [0.4, 0.5) is 0 Å². The van der Waals surface area contributed by atoms with Crippen molar-refractivity contribution in [2.45, 2.75) is 111 Å². The number of ether oxygens (including phenoxy) is 7. The van der Waals surface area contributed by atoms with Gasteiger partial charge in [0.1, 0.15) is 24.4 Å². The van der Waals surface area contributed by atoms with Gasteiger partial charge in [-0.15, -0.1) is 0 Å². The summed E-state index contributed by atoms with van der Waals surface area (Å²) in [5.74, 6) is -6.49. The lowest BCUT2D eigenvalue weighted by Gasteiger charge is -2.70. The molecule has 4 aliphatic heterocycles. The Balaban J connectivity index is 2.04. The quantitative estimate of drug-likeness (QED) is 0.174. The van der Waals surface area contributed by atoms with Crippen molar-refractivity contribution in [2.24, 2.45) is 5.92 Å². The number of methoxy groups -OCH3 is 1. The second-order valence-corrected chi connectivity index (χ2v) is 19.4. The summed E-state index contributed by atoms with van der Waals surface area (Å²) in [6.45, 7) is 12.7. The lowest BCUT2D eigenvalue weighted by atomic mass is 9.56. The van der Waals surface area contributed by atoms with Crippen LogP contribution in [-0.4, -0.2) is 97.5 Å². The van der Waals surface area contributed by atoms with Crippen LogP contribution < -0.4 is 5.32 Å². The molecule has 13 nitrogen and oxygen atoms in total. The first-order valence-electron chi connectivity index (χ1n) is 13.2. The van der Waals surface area contributed by atoms with E-state index in [0.29, 0.717) is 0 Å². The molecule has 0 aromatic carbocycles. The number of rotatable bonds is 8. The van der Waals surface area contributed by atoms with Crippen molar-refractivity contribution in [1.82, 2.24) is 5.32 Å². The number of alkyl halides is 3. The van der Waals surface area contributed by atoms with E-state index in [0.717, 1.165) is 13.8 Å². The number of hydrogen-bond donors (Lipinski definition) is 1. The maximum absolute atomic E-state index is 13.4. The van der Waals surface area contributed by atoms with E-state index in [4.69, 9.17) is 72.4 Å². The molecule has 0 aromatic heterocycles. The van der Waals surface area contributed by atoms with E-state index >= 15 is 0 Å². The molecule has 4 saturated heterocycles.